The fraction of sp³-hybridized carbons (Fsp3) is 0.438. The third-order valence-electron chi connectivity index (χ3n) is 3.53. The number of carbonyl (C=O) groups excluding carboxylic acids is 1. The van der Waals surface area contributed by atoms with Gasteiger partial charge in [0.25, 0.3) is 5.91 Å². The Bertz CT molecular complexity index is 539. The van der Waals surface area contributed by atoms with Crippen LogP contribution < -0.4 is 5.73 Å². The van der Waals surface area contributed by atoms with Crippen molar-refractivity contribution in [2.75, 3.05) is 20.1 Å². The number of aliphatic hydroxyl groups is 1. The summed E-state index contributed by atoms with van der Waals surface area (Å²) in [5, 5.41) is 9.28. The first kappa shape index (κ1) is 14.6. The topological polar surface area (TPSA) is 66.6 Å². The quantitative estimate of drug-likeness (QED) is 0.801. The Morgan fingerprint density at radius 2 is 2.25 bits per heavy atom. The summed E-state index contributed by atoms with van der Waals surface area (Å²) in [4.78, 5) is 14.0. The van der Waals surface area contributed by atoms with Crippen molar-refractivity contribution in [3.63, 3.8) is 0 Å². The summed E-state index contributed by atoms with van der Waals surface area (Å²) in [6.07, 6.45) is 1.40. The van der Waals surface area contributed by atoms with E-state index in [0.717, 1.165) is 18.4 Å². The van der Waals surface area contributed by atoms with Gasteiger partial charge in [-0.15, -0.1) is 0 Å². The molecule has 3 N–H and O–H groups in total. The van der Waals surface area contributed by atoms with Gasteiger partial charge in [-0.1, -0.05) is 17.9 Å². The van der Waals surface area contributed by atoms with Crippen LogP contribution in [0.25, 0.3) is 0 Å². The molecule has 0 unspecified atom stereocenters. The van der Waals surface area contributed by atoms with Crippen LogP contribution in [-0.2, 0) is 0 Å². The van der Waals surface area contributed by atoms with Gasteiger partial charge < -0.3 is 15.7 Å². The zero-order valence-corrected chi connectivity index (χ0v) is 11.7. The molecule has 2 rings (SSSR count). The average Bonchev–Trinajstić information content (AvgIpc) is 2.42. The van der Waals surface area contributed by atoms with Gasteiger partial charge in [-0.05, 0) is 37.0 Å². The van der Waals surface area contributed by atoms with Crippen molar-refractivity contribution in [3.05, 3.63) is 35.4 Å². The molecular weight excluding hydrogens is 252 g/mol. The predicted octanol–water partition coefficient (Wildman–Crippen LogP) is 0.840. The van der Waals surface area contributed by atoms with E-state index in [1.807, 2.05) is 12.1 Å². The van der Waals surface area contributed by atoms with Gasteiger partial charge in [0.2, 0.25) is 0 Å². The lowest BCUT2D eigenvalue weighted by Gasteiger charge is -2.34. The van der Waals surface area contributed by atoms with E-state index in [-0.39, 0.29) is 12.0 Å². The summed E-state index contributed by atoms with van der Waals surface area (Å²) in [5.74, 6) is 6.11. The lowest BCUT2D eigenvalue weighted by molar-refractivity contribution is 0.0265. The van der Waals surface area contributed by atoms with Gasteiger partial charge in [0.05, 0.1) is 12.6 Å². The van der Waals surface area contributed by atoms with Crippen LogP contribution in [0.3, 0.4) is 0 Å². The molecule has 1 aromatic carbocycles. The number of rotatable bonds is 3. The summed E-state index contributed by atoms with van der Waals surface area (Å²) < 4.78 is 0. The maximum atomic E-state index is 12.3. The Balaban J connectivity index is 2.00. The van der Waals surface area contributed by atoms with Crippen molar-refractivity contribution in [3.8, 4) is 11.8 Å². The molecule has 20 heavy (non-hydrogen) atoms. The smallest absolute Gasteiger partial charge is 0.253 e. The van der Waals surface area contributed by atoms with Crippen molar-refractivity contribution in [1.82, 2.24) is 4.90 Å². The van der Waals surface area contributed by atoms with Gasteiger partial charge in [-0.25, -0.2) is 0 Å². The highest BCUT2D eigenvalue weighted by Crippen LogP contribution is 2.27. The first-order chi connectivity index (χ1) is 9.60. The van der Waals surface area contributed by atoms with E-state index in [9.17, 15) is 9.90 Å². The summed E-state index contributed by atoms with van der Waals surface area (Å²) in [6, 6.07) is 7.27. The lowest BCUT2D eigenvalue weighted by Crippen LogP contribution is -2.39. The number of hydrogen-bond acceptors (Lipinski definition) is 3. The Hall–Kier alpha value is -1.83. The van der Waals surface area contributed by atoms with Gasteiger partial charge in [0.15, 0.2) is 0 Å². The second-order valence-corrected chi connectivity index (χ2v) is 5.26. The third-order valence-corrected chi connectivity index (χ3v) is 3.53. The standard InChI is InChI=1S/C16H20N2O2/c1-18(11-13-9-15(19)10-13)16(20)14-6-2-4-12(8-14)5-3-7-17/h2,4,6,8,13,15,19H,7,9-11,17H2,1H3. The predicted molar refractivity (Wildman–Crippen MR) is 78.1 cm³/mol. The van der Waals surface area contributed by atoms with Crippen LogP contribution in [0.15, 0.2) is 24.3 Å². The number of nitrogens with zero attached hydrogens (tertiary/aromatic N) is 1. The fourth-order valence-corrected chi connectivity index (χ4v) is 2.42. The van der Waals surface area contributed by atoms with Crippen molar-refractivity contribution < 1.29 is 9.90 Å². The monoisotopic (exact) mass is 272 g/mol. The summed E-state index contributed by atoms with van der Waals surface area (Å²) in [7, 11) is 1.80. The Kier molecular flexibility index (Phi) is 4.78. The van der Waals surface area contributed by atoms with Crippen LogP contribution in [0.4, 0.5) is 0 Å². The minimum Gasteiger partial charge on any atom is -0.393 e. The van der Waals surface area contributed by atoms with E-state index < -0.39 is 0 Å². The van der Waals surface area contributed by atoms with Crippen LogP contribution in [-0.4, -0.2) is 42.2 Å². The summed E-state index contributed by atoms with van der Waals surface area (Å²) in [6.45, 7) is 0.997. The molecule has 0 heterocycles. The molecule has 4 nitrogen and oxygen atoms in total. The van der Waals surface area contributed by atoms with Gasteiger partial charge >= 0.3 is 0 Å². The number of benzene rings is 1. The molecule has 1 amide bonds. The highest BCUT2D eigenvalue weighted by atomic mass is 16.3. The molecule has 0 spiro atoms. The van der Waals surface area contributed by atoms with Gasteiger partial charge in [0, 0.05) is 24.7 Å². The molecule has 0 saturated heterocycles. The molecule has 0 radical (unpaired) electrons. The molecule has 1 saturated carbocycles. The number of hydrogen-bond donors (Lipinski definition) is 2. The number of aliphatic hydroxyl groups excluding tert-OH is 1. The molecule has 0 bridgehead atoms. The maximum Gasteiger partial charge on any atom is 0.253 e. The first-order valence-corrected chi connectivity index (χ1v) is 6.82. The third kappa shape index (κ3) is 3.60. The van der Waals surface area contributed by atoms with Crippen molar-refractivity contribution in [2.45, 2.75) is 18.9 Å². The normalized spacial score (nSPS) is 20.6. The zero-order chi connectivity index (χ0) is 14.5. The molecule has 106 valence electrons. The Morgan fingerprint density at radius 3 is 2.90 bits per heavy atom. The molecule has 0 aromatic heterocycles. The van der Waals surface area contributed by atoms with E-state index in [1.54, 1.807) is 24.1 Å². The molecular formula is C16H20N2O2. The molecule has 1 aliphatic rings. The van der Waals surface area contributed by atoms with Crippen LogP contribution >= 0.6 is 0 Å². The molecule has 0 atom stereocenters. The molecule has 1 aliphatic carbocycles. The van der Waals surface area contributed by atoms with Crippen molar-refractivity contribution >= 4 is 5.91 Å². The van der Waals surface area contributed by atoms with Crippen molar-refractivity contribution in [2.24, 2.45) is 11.7 Å². The Morgan fingerprint density at radius 1 is 1.50 bits per heavy atom. The average molecular weight is 272 g/mol. The van der Waals surface area contributed by atoms with Crippen LogP contribution in [0.1, 0.15) is 28.8 Å². The van der Waals surface area contributed by atoms with Gasteiger partial charge in [0.1, 0.15) is 0 Å². The molecule has 1 fully saturated rings. The number of amides is 1. The highest BCUT2D eigenvalue weighted by Gasteiger charge is 2.29. The second kappa shape index (κ2) is 6.56. The molecule has 0 aliphatic heterocycles. The molecule has 4 heteroatoms. The second-order valence-electron chi connectivity index (χ2n) is 5.26. The molecule has 1 aromatic rings. The zero-order valence-electron chi connectivity index (χ0n) is 11.7. The first-order valence-electron chi connectivity index (χ1n) is 6.82. The lowest BCUT2D eigenvalue weighted by atomic mass is 9.82. The van der Waals surface area contributed by atoms with Crippen molar-refractivity contribution in [1.29, 1.82) is 0 Å². The van der Waals surface area contributed by atoms with E-state index in [0.29, 0.717) is 24.6 Å². The largest absolute Gasteiger partial charge is 0.393 e. The van der Waals surface area contributed by atoms with Gasteiger partial charge in [-0.3, -0.25) is 4.79 Å². The van der Waals surface area contributed by atoms with E-state index in [4.69, 9.17) is 5.73 Å². The number of nitrogens with two attached hydrogens (primary N) is 1. The summed E-state index contributed by atoms with van der Waals surface area (Å²) >= 11 is 0. The maximum absolute atomic E-state index is 12.3. The minimum absolute atomic E-state index is 0.0113. The van der Waals surface area contributed by atoms with Gasteiger partial charge in [-0.2, -0.15) is 0 Å². The minimum atomic E-state index is -0.182. The fourth-order valence-electron chi connectivity index (χ4n) is 2.42. The number of carbonyl (C=O) groups is 1. The van der Waals surface area contributed by atoms with E-state index in [2.05, 4.69) is 11.8 Å². The van der Waals surface area contributed by atoms with Crippen LogP contribution in [0.2, 0.25) is 0 Å². The van der Waals surface area contributed by atoms with Crippen LogP contribution in [0.5, 0.6) is 0 Å². The van der Waals surface area contributed by atoms with E-state index in [1.165, 1.54) is 0 Å². The SMILES string of the molecule is CN(CC1CC(O)C1)C(=O)c1cccc(C#CCN)c1. The summed E-state index contributed by atoms with van der Waals surface area (Å²) in [5.41, 5.74) is 6.78. The van der Waals surface area contributed by atoms with Crippen LogP contribution in [0, 0.1) is 17.8 Å². The van der Waals surface area contributed by atoms with E-state index >= 15 is 0 Å². The highest BCUT2D eigenvalue weighted by molar-refractivity contribution is 5.94. The Labute approximate surface area is 119 Å².